The van der Waals surface area contributed by atoms with Gasteiger partial charge in [0.1, 0.15) is 5.75 Å². The van der Waals surface area contributed by atoms with Crippen molar-refractivity contribution >= 4 is 11.6 Å². The summed E-state index contributed by atoms with van der Waals surface area (Å²) < 4.78 is 15.8. The van der Waals surface area contributed by atoms with Crippen molar-refractivity contribution in [1.29, 1.82) is 0 Å². The summed E-state index contributed by atoms with van der Waals surface area (Å²) >= 11 is 0. The van der Waals surface area contributed by atoms with Crippen molar-refractivity contribution in [3.05, 3.63) is 12.1 Å². The van der Waals surface area contributed by atoms with E-state index >= 15 is 0 Å². The number of carbonyl (C=O) groups excluding carboxylic acids is 1. The largest absolute Gasteiger partial charge is 0.494 e. The van der Waals surface area contributed by atoms with Crippen LogP contribution < -0.4 is 19.1 Å². The van der Waals surface area contributed by atoms with Gasteiger partial charge in [-0.1, -0.05) is 0 Å². The summed E-state index contributed by atoms with van der Waals surface area (Å²) in [7, 11) is 4.71. The molecule has 5 nitrogen and oxygen atoms in total. The zero-order valence-corrected chi connectivity index (χ0v) is 10.9. The van der Waals surface area contributed by atoms with Crippen molar-refractivity contribution in [3.63, 3.8) is 0 Å². The molecule has 98 valence electrons. The van der Waals surface area contributed by atoms with Crippen molar-refractivity contribution < 1.29 is 19.0 Å². The number of benzene rings is 1. The SMILES string of the molecule is COc1cc(OC)c(N2CCCC2=O)cc1OC. The molecule has 0 unspecified atom stereocenters. The number of anilines is 1. The van der Waals surface area contributed by atoms with E-state index in [0.717, 1.165) is 12.1 Å². The predicted molar refractivity (Wildman–Crippen MR) is 67.7 cm³/mol. The Morgan fingerprint density at radius 2 is 1.61 bits per heavy atom. The number of ether oxygens (including phenoxy) is 3. The van der Waals surface area contributed by atoms with Gasteiger partial charge < -0.3 is 19.1 Å². The molecule has 0 aromatic heterocycles. The van der Waals surface area contributed by atoms with Crippen molar-refractivity contribution in [2.75, 3.05) is 32.8 Å². The predicted octanol–water partition coefficient (Wildman–Crippen LogP) is 1.84. The summed E-state index contributed by atoms with van der Waals surface area (Å²) in [5, 5.41) is 0. The minimum absolute atomic E-state index is 0.112. The Labute approximate surface area is 106 Å². The third-order valence-corrected chi connectivity index (χ3v) is 3.05. The lowest BCUT2D eigenvalue weighted by Gasteiger charge is -2.21. The summed E-state index contributed by atoms with van der Waals surface area (Å²) in [4.78, 5) is 13.5. The third kappa shape index (κ3) is 2.08. The first kappa shape index (κ1) is 12.5. The Morgan fingerprint density at radius 1 is 1.00 bits per heavy atom. The van der Waals surface area contributed by atoms with Crippen LogP contribution in [-0.2, 0) is 4.79 Å². The molecule has 1 fully saturated rings. The molecule has 0 spiro atoms. The highest BCUT2D eigenvalue weighted by Crippen LogP contribution is 2.40. The molecule has 2 rings (SSSR count). The molecule has 0 aliphatic carbocycles. The van der Waals surface area contributed by atoms with Crippen molar-refractivity contribution in [2.24, 2.45) is 0 Å². The minimum Gasteiger partial charge on any atom is -0.494 e. The van der Waals surface area contributed by atoms with Crippen LogP contribution in [0.1, 0.15) is 12.8 Å². The Kier molecular flexibility index (Phi) is 3.60. The molecule has 0 saturated carbocycles. The van der Waals surface area contributed by atoms with E-state index < -0.39 is 0 Å². The summed E-state index contributed by atoms with van der Waals surface area (Å²) in [5.74, 6) is 1.90. The number of hydrogen-bond donors (Lipinski definition) is 0. The molecule has 0 N–H and O–H groups in total. The standard InChI is InChI=1S/C13H17NO4/c1-16-10-8-12(18-3)11(17-2)7-9(10)14-6-4-5-13(14)15/h7-8H,4-6H2,1-3H3. The van der Waals surface area contributed by atoms with Gasteiger partial charge in [0.15, 0.2) is 11.5 Å². The smallest absolute Gasteiger partial charge is 0.227 e. The molecule has 0 bridgehead atoms. The average Bonchev–Trinajstić information content (AvgIpc) is 2.83. The first-order chi connectivity index (χ1) is 8.71. The summed E-state index contributed by atoms with van der Waals surface area (Å²) in [5.41, 5.74) is 0.734. The lowest BCUT2D eigenvalue weighted by atomic mass is 10.2. The number of nitrogens with zero attached hydrogens (tertiary/aromatic N) is 1. The maximum absolute atomic E-state index is 11.8. The van der Waals surface area contributed by atoms with Gasteiger partial charge >= 0.3 is 0 Å². The maximum atomic E-state index is 11.8. The zero-order valence-electron chi connectivity index (χ0n) is 10.9. The van der Waals surface area contributed by atoms with Crippen LogP contribution in [0, 0.1) is 0 Å². The van der Waals surface area contributed by atoms with Crippen LogP contribution in [0.15, 0.2) is 12.1 Å². The number of carbonyl (C=O) groups is 1. The second-order valence-corrected chi connectivity index (χ2v) is 4.03. The normalized spacial score (nSPS) is 14.8. The molecule has 1 heterocycles. The van der Waals surface area contributed by atoms with Crippen LogP contribution in [0.25, 0.3) is 0 Å². The van der Waals surface area contributed by atoms with Crippen molar-refractivity contribution in [2.45, 2.75) is 12.8 Å². The fourth-order valence-electron chi connectivity index (χ4n) is 2.13. The van der Waals surface area contributed by atoms with Gasteiger partial charge in [-0.15, -0.1) is 0 Å². The number of hydrogen-bond acceptors (Lipinski definition) is 4. The molecule has 1 aliphatic rings. The third-order valence-electron chi connectivity index (χ3n) is 3.05. The molecular weight excluding hydrogens is 234 g/mol. The van der Waals surface area contributed by atoms with E-state index in [1.807, 2.05) is 0 Å². The highest BCUT2D eigenvalue weighted by Gasteiger charge is 2.26. The molecule has 0 atom stereocenters. The van der Waals surface area contributed by atoms with Crippen molar-refractivity contribution in [1.82, 2.24) is 0 Å². The first-order valence-corrected chi connectivity index (χ1v) is 5.81. The van der Waals surface area contributed by atoms with E-state index in [4.69, 9.17) is 14.2 Å². The molecule has 1 aromatic carbocycles. The lowest BCUT2D eigenvalue weighted by molar-refractivity contribution is -0.117. The van der Waals surface area contributed by atoms with Crippen LogP contribution >= 0.6 is 0 Å². The molecule has 0 radical (unpaired) electrons. The fraction of sp³-hybridized carbons (Fsp3) is 0.462. The van der Waals surface area contributed by atoms with E-state index in [2.05, 4.69) is 0 Å². The summed E-state index contributed by atoms with van der Waals surface area (Å²) in [6, 6.07) is 3.51. The highest BCUT2D eigenvalue weighted by atomic mass is 16.5. The van der Waals surface area contributed by atoms with Gasteiger partial charge in [-0.3, -0.25) is 4.79 Å². The molecule has 1 aromatic rings. The highest BCUT2D eigenvalue weighted by molar-refractivity contribution is 5.97. The molecular formula is C13H17NO4. The molecule has 1 amide bonds. The van der Waals surface area contributed by atoms with Crippen LogP contribution in [-0.4, -0.2) is 33.8 Å². The fourth-order valence-corrected chi connectivity index (χ4v) is 2.13. The molecule has 1 aliphatic heterocycles. The van der Waals surface area contributed by atoms with Gasteiger partial charge in [0.25, 0.3) is 0 Å². The summed E-state index contributed by atoms with van der Waals surface area (Å²) in [6.07, 6.45) is 1.45. The van der Waals surface area contributed by atoms with Gasteiger partial charge in [0, 0.05) is 25.1 Å². The van der Waals surface area contributed by atoms with Crippen LogP contribution in [0.2, 0.25) is 0 Å². The van der Waals surface area contributed by atoms with E-state index in [0.29, 0.717) is 30.2 Å². The number of amides is 1. The average molecular weight is 251 g/mol. The lowest BCUT2D eigenvalue weighted by Crippen LogP contribution is -2.24. The van der Waals surface area contributed by atoms with Gasteiger partial charge in [0.2, 0.25) is 5.91 Å². The number of rotatable bonds is 4. The molecule has 5 heteroatoms. The van der Waals surface area contributed by atoms with E-state index in [9.17, 15) is 4.79 Å². The van der Waals surface area contributed by atoms with E-state index in [1.54, 1.807) is 38.4 Å². The Balaban J connectivity index is 2.47. The maximum Gasteiger partial charge on any atom is 0.227 e. The number of methoxy groups -OCH3 is 3. The second-order valence-electron chi connectivity index (χ2n) is 4.03. The van der Waals surface area contributed by atoms with Gasteiger partial charge in [0.05, 0.1) is 27.0 Å². The van der Waals surface area contributed by atoms with E-state index in [1.165, 1.54) is 0 Å². The molecule has 18 heavy (non-hydrogen) atoms. The second kappa shape index (κ2) is 5.16. The Bertz CT molecular complexity index is 459. The van der Waals surface area contributed by atoms with Crippen molar-refractivity contribution in [3.8, 4) is 17.2 Å². The monoisotopic (exact) mass is 251 g/mol. The van der Waals surface area contributed by atoms with Crippen LogP contribution in [0.3, 0.4) is 0 Å². The first-order valence-electron chi connectivity index (χ1n) is 5.81. The van der Waals surface area contributed by atoms with E-state index in [-0.39, 0.29) is 5.91 Å². The Morgan fingerprint density at radius 3 is 2.11 bits per heavy atom. The molecule has 1 saturated heterocycles. The van der Waals surface area contributed by atoms with Crippen LogP contribution in [0.5, 0.6) is 17.2 Å². The van der Waals surface area contributed by atoms with Gasteiger partial charge in [-0.2, -0.15) is 0 Å². The quantitative estimate of drug-likeness (QED) is 0.819. The van der Waals surface area contributed by atoms with Crippen LogP contribution in [0.4, 0.5) is 5.69 Å². The minimum atomic E-state index is 0.112. The van der Waals surface area contributed by atoms with Gasteiger partial charge in [-0.25, -0.2) is 0 Å². The Hall–Kier alpha value is -1.91. The summed E-state index contributed by atoms with van der Waals surface area (Å²) in [6.45, 7) is 0.713. The zero-order chi connectivity index (χ0) is 13.1. The topological polar surface area (TPSA) is 48.0 Å². The van der Waals surface area contributed by atoms with Gasteiger partial charge in [-0.05, 0) is 6.42 Å².